The van der Waals surface area contributed by atoms with Gasteiger partial charge in [-0.2, -0.15) is 0 Å². The smallest absolute Gasteiger partial charge is 0.223 e. The lowest BCUT2D eigenvalue weighted by molar-refractivity contribution is -0.229. The average molecular weight is 412 g/mol. The largest absolute Gasteiger partial charge is 0.353 e. The molecule has 4 N–H and O–H groups in total. The van der Waals surface area contributed by atoms with E-state index in [1.54, 1.807) is 24.4 Å². The molecule has 3 heterocycles. The van der Waals surface area contributed by atoms with Gasteiger partial charge in [0, 0.05) is 30.3 Å². The Kier molecular flexibility index (Phi) is 5.76. The van der Waals surface area contributed by atoms with E-state index in [0.29, 0.717) is 55.2 Å². The Bertz CT molecular complexity index is 995. The van der Waals surface area contributed by atoms with Gasteiger partial charge in [-0.3, -0.25) is 0 Å². The number of ether oxygens (including phenoxy) is 2. The molecule has 3 aromatic rings. The highest BCUT2D eigenvalue weighted by Crippen LogP contribution is 2.35. The van der Waals surface area contributed by atoms with Crippen LogP contribution < -0.4 is 11.1 Å². The second-order valence-corrected chi connectivity index (χ2v) is 7.95. The molecule has 0 atom stereocenters. The van der Waals surface area contributed by atoms with E-state index in [2.05, 4.69) is 34.1 Å². The summed E-state index contributed by atoms with van der Waals surface area (Å²) in [5.41, 5.74) is 8.19. The molecule has 1 aromatic carbocycles. The first-order chi connectivity index (χ1) is 14.4. The van der Waals surface area contributed by atoms with Crippen LogP contribution in [-0.2, 0) is 9.47 Å². The molecule has 0 amide bonds. The second kappa shape index (κ2) is 8.47. The molecule has 30 heavy (non-hydrogen) atoms. The van der Waals surface area contributed by atoms with Gasteiger partial charge in [-0.05, 0) is 30.3 Å². The second-order valence-electron chi connectivity index (χ2n) is 7.95. The molecular weight excluding hydrogens is 387 g/mol. The van der Waals surface area contributed by atoms with E-state index in [9.17, 15) is 4.39 Å². The Morgan fingerprint density at radius 2 is 1.90 bits per heavy atom. The van der Waals surface area contributed by atoms with E-state index in [1.165, 1.54) is 12.1 Å². The molecule has 2 aromatic heterocycles. The lowest BCUT2D eigenvalue weighted by Crippen LogP contribution is -2.34. The summed E-state index contributed by atoms with van der Waals surface area (Å²) < 4.78 is 25.2. The predicted molar refractivity (Wildman–Crippen MR) is 111 cm³/mol. The van der Waals surface area contributed by atoms with Crippen LogP contribution in [0.25, 0.3) is 22.6 Å². The van der Waals surface area contributed by atoms with Gasteiger partial charge >= 0.3 is 0 Å². The molecule has 4 rings (SSSR count). The molecule has 0 unspecified atom stereocenters. The topological polar surface area (TPSA) is 111 Å². The van der Waals surface area contributed by atoms with Crippen LogP contribution in [0, 0.1) is 11.2 Å². The fraction of sp³-hybridized carbons (Fsp3) is 0.381. The van der Waals surface area contributed by atoms with Crippen molar-refractivity contribution in [3.63, 3.8) is 0 Å². The molecule has 1 fully saturated rings. The molecule has 0 spiro atoms. The molecule has 0 radical (unpaired) electrons. The number of anilines is 1. The lowest BCUT2D eigenvalue weighted by atomic mass is 9.96. The molecular formula is C21H25FN6O2. The Morgan fingerprint density at radius 1 is 1.17 bits per heavy atom. The monoisotopic (exact) mass is 412 g/mol. The van der Waals surface area contributed by atoms with Gasteiger partial charge in [0.05, 0.1) is 30.3 Å². The number of rotatable bonds is 6. The van der Waals surface area contributed by atoms with Crippen LogP contribution in [0.2, 0.25) is 0 Å². The standard InChI is InChI=1S/C21H25FN6O2/c1-21(2)11-29-19(30-12-21)18-27-16(13-3-5-14(22)6-4-13)17(28-18)15-7-9-24-20(26-15)25-10-8-23/h3-7,9,19H,8,10-12,23H2,1-2H3,(H,27,28)(H,24,25,26). The van der Waals surface area contributed by atoms with Gasteiger partial charge in [0.25, 0.3) is 0 Å². The Morgan fingerprint density at radius 3 is 2.60 bits per heavy atom. The number of imidazole rings is 1. The molecule has 1 aliphatic rings. The summed E-state index contributed by atoms with van der Waals surface area (Å²) in [6.45, 7) is 6.30. The van der Waals surface area contributed by atoms with E-state index in [-0.39, 0.29) is 11.2 Å². The molecule has 0 aliphatic carbocycles. The minimum Gasteiger partial charge on any atom is -0.353 e. The van der Waals surface area contributed by atoms with Crippen LogP contribution in [-0.4, -0.2) is 46.2 Å². The number of H-pyrrole nitrogens is 1. The summed E-state index contributed by atoms with van der Waals surface area (Å²) >= 11 is 0. The van der Waals surface area contributed by atoms with Crippen molar-refractivity contribution in [2.45, 2.75) is 20.1 Å². The van der Waals surface area contributed by atoms with Crippen LogP contribution in [0.3, 0.4) is 0 Å². The number of aromatic amines is 1. The number of nitrogens with zero attached hydrogens (tertiary/aromatic N) is 3. The number of nitrogens with two attached hydrogens (primary N) is 1. The van der Waals surface area contributed by atoms with Crippen LogP contribution in [0.5, 0.6) is 0 Å². The fourth-order valence-electron chi connectivity index (χ4n) is 3.12. The summed E-state index contributed by atoms with van der Waals surface area (Å²) in [7, 11) is 0. The van der Waals surface area contributed by atoms with E-state index in [4.69, 9.17) is 20.2 Å². The summed E-state index contributed by atoms with van der Waals surface area (Å²) in [4.78, 5) is 16.8. The average Bonchev–Trinajstić information content (AvgIpc) is 3.18. The van der Waals surface area contributed by atoms with Crippen LogP contribution in [0.1, 0.15) is 26.0 Å². The van der Waals surface area contributed by atoms with Crippen molar-refractivity contribution in [1.29, 1.82) is 0 Å². The molecule has 0 bridgehead atoms. The maximum absolute atomic E-state index is 13.5. The minimum atomic E-state index is -0.609. The Balaban J connectivity index is 1.73. The van der Waals surface area contributed by atoms with Crippen molar-refractivity contribution < 1.29 is 13.9 Å². The quantitative estimate of drug-likeness (QED) is 0.570. The first-order valence-electron chi connectivity index (χ1n) is 9.81. The minimum absolute atomic E-state index is 0.0536. The number of hydrogen-bond donors (Lipinski definition) is 3. The summed E-state index contributed by atoms with van der Waals surface area (Å²) in [6.07, 6.45) is 1.05. The normalized spacial score (nSPS) is 16.5. The van der Waals surface area contributed by atoms with Crippen molar-refractivity contribution in [3.05, 3.63) is 48.2 Å². The SMILES string of the molecule is CC1(C)COC(c2nc(-c3ccc(F)cc3)c(-c3ccnc(NCCN)n3)[nH]2)OC1. The van der Waals surface area contributed by atoms with Gasteiger partial charge < -0.3 is 25.5 Å². The summed E-state index contributed by atoms with van der Waals surface area (Å²) in [6, 6.07) is 7.94. The molecule has 8 nitrogen and oxygen atoms in total. The van der Waals surface area contributed by atoms with E-state index < -0.39 is 6.29 Å². The Hall–Kier alpha value is -2.88. The highest BCUT2D eigenvalue weighted by molar-refractivity contribution is 5.77. The number of benzene rings is 1. The van der Waals surface area contributed by atoms with Gasteiger partial charge in [0.2, 0.25) is 12.2 Å². The van der Waals surface area contributed by atoms with Crippen LogP contribution in [0.4, 0.5) is 10.3 Å². The molecule has 1 aliphatic heterocycles. The van der Waals surface area contributed by atoms with Gasteiger partial charge in [-0.25, -0.2) is 19.3 Å². The highest BCUT2D eigenvalue weighted by Gasteiger charge is 2.32. The zero-order valence-corrected chi connectivity index (χ0v) is 17.0. The van der Waals surface area contributed by atoms with Crippen molar-refractivity contribution in [3.8, 4) is 22.6 Å². The Labute approximate surface area is 174 Å². The van der Waals surface area contributed by atoms with E-state index in [1.807, 2.05) is 0 Å². The fourth-order valence-corrected chi connectivity index (χ4v) is 3.12. The third-order valence-corrected chi connectivity index (χ3v) is 4.65. The number of nitrogens with one attached hydrogen (secondary N) is 2. The number of halogens is 1. The van der Waals surface area contributed by atoms with Crippen molar-refractivity contribution in [1.82, 2.24) is 19.9 Å². The third-order valence-electron chi connectivity index (χ3n) is 4.65. The summed E-state index contributed by atoms with van der Waals surface area (Å²) in [5.74, 6) is 0.688. The maximum Gasteiger partial charge on any atom is 0.223 e. The zero-order chi connectivity index (χ0) is 21.1. The molecule has 1 saturated heterocycles. The van der Waals surface area contributed by atoms with Crippen molar-refractivity contribution >= 4 is 5.95 Å². The van der Waals surface area contributed by atoms with Crippen LogP contribution in [0.15, 0.2) is 36.5 Å². The molecule has 158 valence electrons. The van der Waals surface area contributed by atoms with E-state index >= 15 is 0 Å². The van der Waals surface area contributed by atoms with Crippen LogP contribution >= 0.6 is 0 Å². The van der Waals surface area contributed by atoms with Crippen molar-refractivity contribution in [2.24, 2.45) is 11.1 Å². The van der Waals surface area contributed by atoms with E-state index in [0.717, 1.165) is 5.56 Å². The zero-order valence-electron chi connectivity index (χ0n) is 17.0. The summed E-state index contributed by atoms with van der Waals surface area (Å²) in [5, 5.41) is 3.07. The van der Waals surface area contributed by atoms with Crippen molar-refractivity contribution in [2.75, 3.05) is 31.6 Å². The number of hydrogen-bond acceptors (Lipinski definition) is 7. The first-order valence-corrected chi connectivity index (χ1v) is 9.81. The van der Waals surface area contributed by atoms with Gasteiger partial charge in [0.1, 0.15) is 5.82 Å². The predicted octanol–water partition coefficient (Wildman–Crippen LogP) is 3.12. The number of aromatic nitrogens is 4. The van der Waals surface area contributed by atoms with Gasteiger partial charge in [-0.15, -0.1) is 0 Å². The maximum atomic E-state index is 13.5. The van der Waals surface area contributed by atoms with Gasteiger partial charge in [0.15, 0.2) is 5.82 Å². The first kappa shape index (κ1) is 20.4. The van der Waals surface area contributed by atoms with Gasteiger partial charge in [-0.1, -0.05) is 13.8 Å². The third kappa shape index (κ3) is 4.48. The molecule has 9 heteroatoms. The molecule has 0 saturated carbocycles. The highest BCUT2D eigenvalue weighted by atomic mass is 19.1. The lowest BCUT2D eigenvalue weighted by Gasteiger charge is -2.33.